The van der Waals surface area contributed by atoms with Gasteiger partial charge in [-0.1, -0.05) is 30.3 Å². The van der Waals surface area contributed by atoms with Crippen LogP contribution in [0.25, 0.3) is 0 Å². The molecule has 0 aliphatic heterocycles. The summed E-state index contributed by atoms with van der Waals surface area (Å²) in [6, 6.07) is 8.49. The lowest BCUT2D eigenvalue weighted by Crippen LogP contribution is -2.41. The van der Waals surface area contributed by atoms with Crippen molar-refractivity contribution in [1.29, 1.82) is 0 Å². The van der Waals surface area contributed by atoms with Crippen molar-refractivity contribution < 1.29 is 19.1 Å². The quantitative estimate of drug-likeness (QED) is 0.352. The van der Waals surface area contributed by atoms with E-state index in [9.17, 15) is 9.90 Å². The molecule has 0 atom stereocenters. The molecule has 0 saturated carbocycles. The predicted octanol–water partition coefficient (Wildman–Crippen LogP) is 0.794. The van der Waals surface area contributed by atoms with Gasteiger partial charge < -0.3 is 5.11 Å². The van der Waals surface area contributed by atoms with Crippen molar-refractivity contribution in [3.8, 4) is 0 Å². The topological polar surface area (TPSA) is 82.4 Å². The third-order valence-corrected chi connectivity index (χ3v) is 2.51. The van der Waals surface area contributed by atoms with Crippen molar-refractivity contribution in [1.82, 2.24) is 5.27 Å². The molecule has 0 bridgehead atoms. The maximum Gasteiger partial charge on any atom is 0.339 e. The Morgan fingerprint density at radius 2 is 2.11 bits per heavy atom. The summed E-state index contributed by atoms with van der Waals surface area (Å²) in [6.45, 7) is 3.69. The highest BCUT2D eigenvalue weighted by Crippen LogP contribution is 2.15. The minimum absolute atomic E-state index is 0.0558. The van der Waals surface area contributed by atoms with E-state index in [1.54, 1.807) is 30.3 Å². The fourth-order valence-corrected chi connectivity index (χ4v) is 1.56. The second-order valence-corrected chi connectivity index (χ2v) is 4.20. The van der Waals surface area contributed by atoms with Gasteiger partial charge in [0.15, 0.2) is 6.04 Å². The number of rotatable bonds is 4. The summed E-state index contributed by atoms with van der Waals surface area (Å²) in [7, 11) is 0. The van der Waals surface area contributed by atoms with Gasteiger partial charge in [0.2, 0.25) is 11.6 Å². The molecule has 0 spiro atoms. The van der Waals surface area contributed by atoms with Crippen LogP contribution in [0, 0.1) is 0 Å². The standard InChI is InChI=1S/C13H13N3O3/c1-9(2)16-11(8-17)13(19-15-16)14-12(18)10-6-4-3-5-7-10/h3-9H,1-2H3. The van der Waals surface area contributed by atoms with Gasteiger partial charge in [-0.3, -0.25) is 9.32 Å². The summed E-state index contributed by atoms with van der Waals surface area (Å²) in [5.41, 5.74) is 0.575. The average molecular weight is 259 g/mol. The molecule has 0 aliphatic carbocycles. The summed E-state index contributed by atoms with van der Waals surface area (Å²) in [5.74, 6) is -0.548. The molecule has 0 N–H and O–H groups in total. The summed E-state index contributed by atoms with van der Waals surface area (Å²) >= 11 is 0. The van der Waals surface area contributed by atoms with E-state index >= 15 is 0 Å². The summed E-state index contributed by atoms with van der Waals surface area (Å²) in [5, 5.41) is 15.6. The Morgan fingerprint density at radius 3 is 2.68 bits per heavy atom. The average Bonchev–Trinajstić information content (AvgIpc) is 2.82. The van der Waals surface area contributed by atoms with Crippen LogP contribution in [0.2, 0.25) is 0 Å². The molecule has 6 heteroatoms. The molecule has 98 valence electrons. The highest BCUT2D eigenvalue weighted by atomic mass is 16.5. The SMILES string of the molecule is CC(C)[n+]1noc(N=C([O-])c2ccccc2)c1C=O. The van der Waals surface area contributed by atoms with Crippen molar-refractivity contribution in [2.24, 2.45) is 4.99 Å². The van der Waals surface area contributed by atoms with Gasteiger partial charge in [0.25, 0.3) is 0 Å². The Balaban J connectivity index is 2.41. The van der Waals surface area contributed by atoms with Gasteiger partial charge in [0.1, 0.15) is 0 Å². The van der Waals surface area contributed by atoms with E-state index in [1.807, 2.05) is 13.8 Å². The fourth-order valence-electron chi connectivity index (χ4n) is 1.56. The van der Waals surface area contributed by atoms with Crippen LogP contribution in [-0.2, 0) is 0 Å². The second kappa shape index (κ2) is 5.43. The first-order valence-electron chi connectivity index (χ1n) is 5.81. The van der Waals surface area contributed by atoms with E-state index in [2.05, 4.69) is 10.3 Å². The largest absolute Gasteiger partial charge is 0.858 e. The van der Waals surface area contributed by atoms with Gasteiger partial charge in [0.05, 0.1) is 0 Å². The van der Waals surface area contributed by atoms with Crippen LogP contribution in [0.5, 0.6) is 0 Å². The number of hydrogen-bond acceptors (Lipinski definition) is 5. The van der Waals surface area contributed by atoms with Gasteiger partial charge in [-0.25, -0.2) is 4.99 Å². The van der Waals surface area contributed by atoms with Gasteiger partial charge in [-0.15, -0.1) is 0 Å². The van der Waals surface area contributed by atoms with E-state index in [0.717, 1.165) is 0 Å². The van der Waals surface area contributed by atoms with Gasteiger partial charge in [-0.2, -0.15) is 0 Å². The van der Waals surface area contributed by atoms with Gasteiger partial charge in [-0.05, 0) is 16.1 Å². The molecule has 19 heavy (non-hydrogen) atoms. The van der Waals surface area contributed by atoms with Crippen molar-refractivity contribution in [2.75, 3.05) is 0 Å². The minimum atomic E-state index is -0.476. The number of nitrogens with zero attached hydrogens (tertiary/aromatic N) is 3. The first-order valence-corrected chi connectivity index (χ1v) is 5.81. The number of carbonyl (C=O) groups excluding carboxylic acids is 1. The molecule has 1 heterocycles. The Kier molecular flexibility index (Phi) is 3.70. The molecular formula is C13H13N3O3. The Hall–Kier alpha value is -2.50. The summed E-state index contributed by atoms with van der Waals surface area (Å²) in [4.78, 5) is 14.8. The van der Waals surface area contributed by atoms with Crippen LogP contribution in [0.4, 0.5) is 5.88 Å². The zero-order valence-corrected chi connectivity index (χ0v) is 10.6. The van der Waals surface area contributed by atoms with Crippen LogP contribution in [0.3, 0.4) is 0 Å². The van der Waals surface area contributed by atoms with E-state index in [-0.39, 0.29) is 17.6 Å². The molecule has 0 aliphatic rings. The molecule has 6 nitrogen and oxygen atoms in total. The monoisotopic (exact) mass is 259 g/mol. The number of hydrogen-bond donors (Lipinski definition) is 0. The first-order chi connectivity index (χ1) is 9.13. The number of benzene rings is 1. The van der Waals surface area contributed by atoms with Crippen molar-refractivity contribution >= 4 is 18.1 Å². The van der Waals surface area contributed by atoms with Crippen LogP contribution in [0.15, 0.2) is 39.8 Å². The Morgan fingerprint density at radius 1 is 1.42 bits per heavy atom. The summed E-state index contributed by atoms with van der Waals surface area (Å²) in [6.07, 6.45) is 0.577. The fraction of sp³-hybridized carbons (Fsp3) is 0.231. The molecule has 0 unspecified atom stereocenters. The number of aromatic nitrogens is 2. The zero-order chi connectivity index (χ0) is 13.8. The third kappa shape index (κ3) is 2.67. The molecule has 2 aromatic rings. The maximum absolute atomic E-state index is 11.9. The molecule has 1 aromatic heterocycles. The lowest BCUT2D eigenvalue weighted by atomic mass is 10.2. The normalized spacial score (nSPS) is 11.8. The molecule has 1 aromatic carbocycles. The molecule has 0 radical (unpaired) electrons. The van der Waals surface area contributed by atoms with Crippen molar-refractivity contribution in [3.05, 3.63) is 41.6 Å². The summed E-state index contributed by atoms with van der Waals surface area (Å²) < 4.78 is 6.31. The lowest BCUT2D eigenvalue weighted by molar-refractivity contribution is -0.780. The first kappa shape index (κ1) is 12.9. The smallest absolute Gasteiger partial charge is 0.339 e. The van der Waals surface area contributed by atoms with Crippen molar-refractivity contribution in [2.45, 2.75) is 19.9 Å². The molecule has 0 fully saturated rings. The Bertz CT molecular complexity index is 603. The van der Waals surface area contributed by atoms with Gasteiger partial charge >= 0.3 is 11.6 Å². The highest BCUT2D eigenvalue weighted by molar-refractivity contribution is 5.92. The third-order valence-electron chi connectivity index (χ3n) is 2.51. The second-order valence-electron chi connectivity index (χ2n) is 4.20. The van der Waals surface area contributed by atoms with E-state index in [0.29, 0.717) is 11.8 Å². The molecular weight excluding hydrogens is 246 g/mol. The highest BCUT2D eigenvalue weighted by Gasteiger charge is 2.26. The predicted molar refractivity (Wildman–Crippen MR) is 65.1 cm³/mol. The van der Waals surface area contributed by atoms with Crippen LogP contribution < -0.4 is 9.79 Å². The zero-order valence-electron chi connectivity index (χ0n) is 10.6. The molecule has 2 rings (SSSR count). The number of carbonyl (C=O) groups is 1. The Labute approximate surface area is 110 Å². The van der Waals surface area contributed by atoms with E-state index in [4.69, 9.17) is 4.52 Å². The van der Waals surface area contributed by atoms with E-state index < -0.39 is 5.90 Å². The van der Waals surface area contributed by atoms with E-state index in [1.165, 1.54) is 4.68 Å². The molecule has 0 amide bonds. The number of aliphatic imine (C=N–C) groups is 1. The van der Waals surface area contributed by atoms with Crippen LogP contribution >= 0.6 is 0 Å². The maximum atomic E-state index is 11.9. The lowest BCUT2D eigenvalue weighted by Gasteiger charge is -2.07. The molecule has 0 saturated heterocycles. The number of aldehydes is 1. The van der Waals surface area contributed by atoms with Crippen molar-refractivity contribution in [3.63, 3.8) is 0 Å². The minimum Gasteiger partial charge on any atom is -0.858 e. The van der Waals surface area contributed by atoms with Crippen LogP contribution in [-0.4, -0.2) is 17.5 Å². The van der Waals surface area contributed by atoms with Crippen LogP contribution in [0.1, 0.15) is 35.9 Å². The van der Waals surface area contributed by atoms with Gasteiger partial charge in [0, 0.05) is 13.8 Å².